The molecule has 2 N–H and O–H groups in total. The fourth-order valence-corrected chi connectivity index (χ4v) is 2.40. The van der Waals surface area contributed by atoms with E-state index < -0.39 is 23.6 Å². The maximum Gasteiger partial charge on any atom is 0.416 e. The summed E-state index contributed by atoms with van der Waals surface area (Å²) < 4.78 is 38.0. The smallest absolute Gasteiger partial charge is 0.356 e. The van der Waals surface area contributed by atoms with E-state index in [-0.39, 0.29) is 17.5 Å². The van der Waals surface area contributed by atoms with Crippen LogP contribution in [-0.2, 0) is 15.8 Å². The maximum absolute atomic E-state index is 12.7. The van der Waals surface area contributed by atoms with Crippen LogP contribution in [0, 0.1) is 17.8 Å². The lowest BCUT2D eigenvalue weighted by Crippen LogP contribution is -2.28. The largest absolute Gasteiger partial charge is 0.416 e. The van der Waals surface area contributed by atoms with E-state index in [0.29, 0.717) is 18.9 Å². The number of amides is 2. The number of alkyl halides is 3. The number of benzene rings is 1. The van der Waals surface area contributed by atoms with Gasteiger partial charge in [-0.2, -0.15) is 13.2 Å². The zero-order chi connectivity index (χ0) is 17.9. The second-order valence-electron chi connectivity index (χ2n) is 6.49. The first-order valence-electron chi connectivity index (χ1n) is 7.94. The molecule has 4 nitrogen and oxygen atoms in total. The van der Waals surface area contributed by atoms with Crippen molar-refractivity contribution in [2.75, 3.05) is 11.9 Å². The monoisotopic (exact) mass is 342 g/mol. The second kappa shape index (κ2) is 7.23. The Kier molecular flexibility index (Phi) is 5.51. The molecule has 1 aromatic carbocycles. The Morgan fingerprint density at radius 3 is 2.50 bits per heavy atom. The third-order valence-corrected chi connectivity index (χ3v) is 3.94. The van der Waals surface area contributed by atoms with Crippen molar-refractivity contribution >= 4 is 17.5 Å². The minimum absolute atomic E-state index is 0.0840. The lowest BCUT2D eigenvalue weighted by atomic mass is 10.1. The number of rotatable bonds is 6. The van der Waals surface area contributed by atoms with Crippen LogP contribution in [0.1, 0.15) is 32.3 Å². The van der Waals surface area contributed by atoms with Crippen molar-refractivity contribution in [3.8, 4) is 0 Å². The van der Waals surface area contributed by atoms with Crippen molar-refractivity contribution in [2.45, 2.75) is 32.9 Å². The summed E-state index contributed by atoms with van der Waals surface area (Å²) in [5.74, 6) is -0.968. The normalized spacial score (nSPS) is 19.9. The molecule has 24 heavy (non-hydrogen) atoms. The molecule has 2 atom stereocenters. The van der Waals surface area contributed by atoms with Gasteiger partial charge in [0.15, 0.2) is 0 Å². The fraction of sp³-hybridized carbons (Fsp3) is 0.529. The molecule has 132 valence electrons. The Labute approximate surface area is 138 Å². The minimum Gasteiger partial charge on any atom is -0.356 e. The third kappa shape index (κ3) is 4.97. The molecule has 2 unspecified atom stereocenters. The van der Waals surface area contributed by atoms with Crippen LogP contribution in [0.3, 0.4) is 0 Å². The number of hydrogen-bond acceptors (Lipinski definition) is 2. The molecule has 0 bridgehead atoms. The lowest BCUT2D eigenvalue weighted by molar-refractivity contribution is -0.137. The van der Waals surface area contributed by atoms with Gasteiger partial charge in [0, 0.05) is 12.2 Å². The molecule has 2 rings (SSSR count). The van der Waals surface area contributed by atoms with Crippen LogP contribution < -0.4 is 10.6 Å². The molecular formula is C17H21F3N2O2. The molecule has 0 spiro atoms. The van der Waals surface area contributed by atoms with Gasteiger partial charge in [-0.05, 0) is 37.0 Å². The molecule has 0 saturated heterocycles. The van der Waals surface area contributed by atoms with Crippen molar-refractivity contribution in [1.29, 1.82) is 0 Å². The molecule has 1 aromatic rings. The number of hydrogen-bond donors (Lipinski definition) is 2. The highest BCUT2D eigenvalue weighted by molar-refractivity contribution is 5.99. The van der Waals surface area contributed by atoms with E-state index in [1.807, 2.05) is 0 Å². The number of nitrogens with one attached hydrogen (secondary N) is 2. The van der Waals surface area contributed by atoms with Gasteiger partial charge in [0.2, 0.25) is 11.8 Å². The standard InChI is InChI=1S/C17H21F3N2O2/c1-10(2)6-7-21-15(23)13-9-14(13)16(24)22-12-5-3-4-11(8-12)17(18,19)20/h3-5,8,10,13-14H,6-7,9H2,1-2H3,(H,21,23)(H,22,24). The van der Waals surface area contributed by atoms with E-state index in [1.165, 1.54) is 12.1 Å². The van der Waals surface area contributed by atoms with Gasteiger partial charge < -0.3 is 10.6 Å². The first-order valence-corrected chi connectivity index (χ1v) is 7.94. The molecular weight excluding hydrogens is 321 g/mol. The van der Waals surface area contributed by atoms with E-state index in [1.54, 1.807) is 0 Å². The second-order valence-corrected chi connectivity index (χ2v) is 6.49. The van der Waals surface area contributed by atoms with Crippen molar-refractivity contribution in [2.24, 2.45) is 17.8 Å². The van der Waals surface area contributed by atoms with Gasteiger partial charge in [-0.15, -0.1) is 0 Å². The predicted octanol–water partition coefficient (Wildman–Crippen LogP) is 3.44. The molecule has 0 radical (unpaired) electrons. The third-order valence-electron chi connectivity index (χ3n) is 3.94. The van der Waals surface area contributed by atoms with Gasteiger partial charge >= 0.3 is 6.18 Å². The number of carbonyl (C=O) groups excluding carboxylic acids is 2. The van der Waals surface area contributed by atoms with Gasteiger partial charge in [0.25, 0.3) is 0 Å². The van der Waals surface area contributed by atoms with Crippen LogP contribution in [0.2, 0.25) is 0 Å². The summed E-state index contributed by atoms with van der Waals surface area (Å²) in [7, 11) is 0. The van der Waals surface area contributed by atoms with Crippen molar-refractivity contribution < 1.29 is 22.8 Å². The Morgan fingerprint density at radius 1 is 1.21 bits per heavy atom. The van der Waals surface area contributed by atoms with E-state index in [4.69, 9.17) is 0 Å². The van der Waals surface area contributed by atoms with Gasteiger partial charge in [0.05, 0.1) is 17.4 Å². The summed E-state index contributed by atoms with van der Waals surface area (Å²) in [4.78, 5) is 24.0. The van der Waals surface area contributed by atoms with Crippen molar-refractivity contribution in [1.82, 2.24) is 5.32 Å². The average molecular weight is 342 g/mol. The van der Waals surface area contributed by atoms with Crippen LogP contribution >= 0.6 is 0 Å². The molecule has 1 saturated carbocycles. The van der Waals surface area contributed by atoms with E-state index in [2.05, 4.69) is 24.5 Å². The molecule has 0 heterocycles. The highest BCUT2D eigenvalue weighted by Gasteiger charge is 2.47. The first kappa shape index (κ1) is 18.3. The quantitative estimate of drug-likeness (QED) is 0.832. The Balaban J connectivity index is 1.85. The van der Waals surface area contributed by atoms with Gasteiger partial charge in [-0.1, -0.05) is 19.9 Å². The molecule has 1 aliphatic carbocycles. The molecule has 0 aromatic heterocycles. The molecule has 1 fully saturated rings. The number of anilines is 1. The zero-order valence-corrected chi connectivity index (χ0v) is 13.6. The van der Waals surface area contributed by atoms with Gasteiger partial charge in [-0.3, -0.25) is 9.59 Å². The highest BCUT2D eigenvalue weighted by Crippen LogP contribution is 2.39. The molecule has 2 amide bonds. The Hall–Kier alpha value is -2.05. The van der Waals surface area contributed by atoms with Crippen molar-refractivity contribution in [3.63, 3.8) is 0 Å². The van der Waals surface area contributed by atoms with Crippen LogP contribution in [0.25, 0.3) is 0 Å². The number of carbonyl (C=O) groups is 2. The molecule has 0 aliphatic heterocycles. The zero-order valence-electron chi connectivity index (χ0n) is 13.6. The SMILES string of the molecule is CC(C)CCNC(=O)C1CC1C(=O)Nc1cccc(C(F)(F)F)c1. The highest BCUT2D eigenvalue weighted by atomic mass is 19.4. The summed E-state index contributed by atoms with van der Waals surface area (Å²) in [6, 6.07) is 4.46. The van der Waals surface area contributed by atoms with E-state index >= 15 is 0 Å². The first-order chi connectivity index (χ1) is 11.2. The summed E-state index contributed by atoms with van der Waals surface area (Å²) in [5.41, 5.74) is -0.736. The molecule has 1 aliphatic rings. The average Bonchev–Trinajstić information content (AvgIpc) is 3.26. The van der Waals surface area contributed by atoms with E-state index in [9.17, 15) is 22.8 Å². The van der Waals surface area contributed by atoms with Crippen molar-refractivity contribution in [3.05, 3.63) is 29.8 Å². The molecule has 7 heteroatoms. The Morgan fingerprint density at radius 2 is 1.88 bits per heavy atom. The van der Waals surface area contributed by atoms with Crippen LogP contribution in [0.15, 0.2) is 24.3 Å². The summed E-state index contributed by atoms with van der Waals surface area (Å²) >= 11 is 0. The number of halogens is 3. The predicted molar refractivity (Wildman–Crippen MR) is 84.1 cm³/mol. The van der Waals surface area contributed by atoms with Crippen LogP contribution in [0.4, 0.5) is 18.9 Å². The van der Waals surface area contributed by atoms with Crippen LogP contribution in [0.5, 0.6) is 0 Å². The van der Waals surface area contributed by atoms with Crippen LogP contribution in [-0.4, -0.2) is 18.4 Å². The maximum atomic E-state index is 12.7. The topological polar surface area (TPSA) is 58.2 Å². The van der Waals surface area contributed by atoms with Gasteiger partial charge in [0.1, 0.15) is 0 Å². The summed E-state index contributed by atoms with van der Waals surface area (Å²) in [6.45, 7) is 4.66. The Bertz CT molecular complexity index is 614. The van der Waals surface area contributed by atoms with Gasteiger partial charge in [-0.25, -0.2) is 0 Å². The summed E-state index contributed by atoms with van der Waals surface area (Å²) in [6.07, 6.45) is -3.17. The lowest BCUT2D eigenvalue weighted by Gasteiger charge is -2.10. The summed E-state index contributed by atoms with van der Waals surface area (Å²) in [5, 5.41) is 5.24. The fourth-order valence-electron chi connectivity index (χ4n) is 2.40. The van der Waals surface area contributed by atoms with E-state index in [0.717, 1.165) is 18.6 Å². The minimum atomic E-state index is -4.46.